The smallest absolute Gasteiger partial charge is 0.408 e. The Morgan fingerprint density at radius 3 is 2.57 bits per heavy atom. The number of fused-ring (bicyclic) bond motifs is 2. The van der Waals surface area contributed by atoms with Crippen molar-refractivity contribution in [3.8, 4) is 0 Å². The molecule has 0 radical (unpaired) electrons. The predicted molar refractivity (Wildman–Crippen MR) is 165 cm³/mol. The summed E-state index contributed by atoms with van der Waals surface area (Å²) < 4.78 is 44.2. The molecule has 2 aliphatic carbocycles. The SMILES string of the molecule is CCCC(C)C(=O)O[C@@H]1C[C@H]2C(=O)N[C@]3(C(=O)NS(=O)(=O)C4CC4)C[C@H]3C=CCOCCC[C@H](NC(=O)OC(C)(C)C)C(=O)N2C1. The second-order valence-corrected chi connectivity index (χ2v) is 15.7. The lowest BCUT2D eigenvalue weighted by Gasteiger charge is -2.30. The van der Waals surface area contributed by atoms with Crippen molar-refractivity contribution in [2.45, 2.75) is 121 Å². The molecule has 0 aromatic rings. The average Bonchev–Trinajstić information content (AvgIpc) is 3.87. The summed E-state index contributed by atoms with van der Waals surface area (Å²) in [7, 11) is -3.90. The number of ether oxygens (including phenoxy) is 3. The second-order valence-electron chi connectivity index (χ2n) is 13.8. The molecule has 1 saturated heterocycles. The van der Waals surface area contributed by atoms with Crippen LogP contribution in [0.2, 0.25) is 0 Å². The molecule has 0 spiro atoms. The van der Waals surface area contributed by atoms with Gasteiger partial charge in [-0.1, -0.05) is 32.4 Å². The molecule has 0 bridgehead atoms. The number of esters is 1. The van der Waals surface area contributed by atoms with Crippen molar-refractivity contribution in [2.75, 3.05) is 19.8 Å². The largest absolute Gasteiger partial charge is 0.460 e. The molecule has 4 aliphatic rings. The maximum atomic E-state index is 14.1. The van der Waals surface area contributed by atoms with Gasteiger partial charge in [0.2, 0.25) is 21.8 Å². The van der Waals surface area contributed by atoms with Crippen LogP contribution in [-0.4, -0.2) is 97.4 Å². The van der Waals surface area contributed by atoms with Crippen molar-refractivity contribution in [1.82, 2.24) is 20.3 Å². The molecule has 3 N–H and O–H groups in total. The molecule has 4 amide bonds. The van der Waals surface area contributed by atoms with E-state index in [2.05, 4.69) is 15.4 Å². The number of sulfonamides is 1. The minimum absolute atomic E-state index is 0.0387. The maximum absolute atomic E-state index is 14.1. The van der Waals surface area contributed by atoms with E-state index in [0.717, 1.165) is 6.42 Å². The molecule has 46 heavy (non-hydrogen) atoms. The average molecular weight is 669 g/mol. The zero-order valence-corrected chi connectivity index (χ0v) is 28.2. The highest BCUT2D eigenvalue weighted by atomic mass is 32.2. The first kappa shape index (κ1) is 35.7. The molecule has 0 aromatic carbocycles. The van der Waals surface area contributed by atoms with Gasteiger partial charge in [0, 0.05) is 18.9 Å². The summed E-state index contributed by atoms with van der Waals surface area (Å²) in [6.45, 7) is 9.12. The van der Waals surface area contributed by atoms with Crippen molar-refractivity contribution in [3.63, 3.8) is 0 Å². The number of hydrogen-bond donors (Lipinski definition) is 3. The van der Waals surface area contributed by atoms with E-state index in [4.69, 9.17) is 14.2 Å². The molecule has 1 unspecified atom stereocenters. The lowest BCUT2D eigenvalue weighted by Crippen LogP contribution is -2.58. The first-order chi connectivity index (χ1) is 21.6. The highest BCUT2D eigenvalue weighted by molar-refractivity contribution is 7.91. The van der Waals surface area contributed by atoms with Crippen molar-refractivity contribution in [2.24, 2.45) is 11.8 Å². The van der Waals surface area contributed by atoms with Crippen molar-refractivity contribution < 1.29 is 46.6 Å². The minimum Gasteiger partial charge on any atom is -0.460 e. The number of alkyl carbamates (subject to hydrolysis) is 1. The van der Waals surface area contributed by atoms with Crippen LogP contribution in [0.5, 0.6) is 0 Å². The number of hydrogen-bond acceptors (Lipinski definition) is 10. The number of amides is 4. The van der Waals surface area contributed by atoms with Gasteiger partial charge in [0.15, 0.2) is 0 Å². The van der Waals surface area contributed by atoms with Crippen LogP contribution in [0.25, 0.3) is 0 Å². The molecular weight excluding hydrogens is 620 g/mol. The summed E-state index contributed by atoms with van der Waals surface area (Å²) in [5.41, 5.74) is -2.38. The van der Waals surface area contributed by atoms with Gasteiger partial charge < -0.3 is 29.7 Å². The number of carbonyl (C=O) groups is 5. The van der Waals surface area contributed by atoms with Gasteiger partial charge in [-0.15, -0.1) is 0 Å². The van der Waals surface area contributed by atoms with Crippen LogP contribution in [0.3, 0.4) is 0 Å². The molecule has 258 valence electrons. The summed E-state index contributed by atoms with van der Waals surface area (Å²) >= 11 is 0. The fourth-order valence-electron chi connectivity index (χ4n) is 5.84. The van der Waals surface area contributed by atoms with Crippen molar-refractivity contribution in [3.05, 3.63) is 12.2 Å². The molecule has 2 heterocycles. The second kappa shape index (κ2) is 14.3. The highest BCUT2D eigenvalue weighted by Gasteiger charge is 2.62. The lowest BCUT2D eigenvalue weighted by molar-refractivity contribution is -0.153. The van der Waals surface area contributed by atoms with Gasteiger partial charge in [-0.25, -0.2) is 13.2 Å². The van der Waals surface area contributed by atoms with Gasteiger partial charge in [0.1, 0.15) is 29.3 Å². The van der Waals surface area contributed by atoms with Crippen LogP contribution in [-0.2, 0) is 43.4 Å². The molecular formula is C31H48N4O10S. The third kappa shape index (κ3) is 8.99. The van der Waals surface area contributed by atoms with E-state index >= 15 is 0 Å². The summed E-state index contributed by atoms with van der Waals surface area (Å²) in [4.78, 5) is 68.3. The first-order valence-electron chi connectivity index (χ1n) is 16.2. The van der Waals surface area contributed by atoms with E-state index in [1.54, 1.807) is 39.8 Å². The summed E-state index contributed by atoms with van der Waals surface area (Å²) in [6.07, 6.45) is 4.78. The molecule has 14 nitrogen and oxygen atoms in total. The Labute approximate surface area is 270 Å². The van der Waals surface area contributed by atoms with E-state index in [0.29, 0.717) is 25.7 Å². The normalized spacial score (nSPS) is 29.6. The Balaban J connectivity index is 1.62. The summed E-state index contributed by atoms with van der Waals surface area (Å²) in [5.74, 6) is -3.45. The zero-order valence-electron chi connectivity index (χ0n) is 27.3. The standard InChI is InChI=1S/C31H48N4O10S/c1-6-9-19(2)27(38)44-21-16-24-25(36)33-31(28(39)34-46(41,42)22-12-13-22)17-20(31)10-7-14-43-15-8-11-23(26(37)35(24)18-21)32-29(40)45-30(3,4)5/h7,10,19-24H,6,8-9,11-18H2,1-5H3,(H,32,40)(H,33,36)(H,34,39)/t19?,20-,21-,23+,24+,31-/m1/s1. The van der Waals surface area contributed by atoms with Gasteiger partial charge in [-0.2, -0.15) is 0 Å². The van der Waals surface area contributed by atoms with E-state index in [-0.39, 0.29) is 44.9 Å². The van der Waals surface area contributed by atoms with E-state index < -0.39 is 80.3 Å². The quantitative estimate of drug-likeness (QED) is 0.254. The number of carbonyl (C=O) groups excluding carboxylic acids is 5. The van der Waals surface area contributed by atoms with Gasteiger partial charge in [-0.3, -0.25) is 23.9 Å². The molecule has 3 fully saturated rings. The van der Waals surface area contributed by atoms with Crippen LogP contribution >= 0.6 is 0 Å². The maximum Gasteiger partial charge on any atom is 0.408 e. The van der Waals surface area contributed by atoms with Crippen LogP contribution < -0.4 is 15.4 Å². The Morgan fingerprint density at radius 2 is 1.91 bits per heavy atom. The van der Waals surface area contributed by atoms with Crippen LogP contribution in [0.1, 0.15) is 86.0 Å². The fourth-order valence-corrected chi connectivity index (χ4v) is 7.21. The fraction of sp³-hybridized carbons (Fsp3) is 0.774. The Bertz CT molecular complexity index is 1320. The van der Waals surface area contributed by atoms with Gasteiger partial charge in [0.25, 0.3) is 5.91 Å². The zero-order chi connectivity index (χ0) is 33.9. The Morgan fingerprint density at radius 1 is 1.20 bits per heavy atom. The number of nitrogens with zero attached hydrogens (tertiary/aromatic N) is 1. The summed E-state index contributed by atoms with van der Waals surface area (Å²) in [5, 5.41) is 4.74. The Kier molecular flexibility index (Phi) is 11.1. The third-order valence-corrected chi connectivity index (χ3v) is 10.4. The van der Waals surface area contributed by atoms with E-state index in [9.17, 15) is 32.4 Å². The van der Waals surface area contributed by atoms with Crippen LogP contribution in [0, 0.1) is 11.8 Å². The van der Waals surface area contributed by atoms with Gasteiger partial charge in [-0.05, 0) is 59.3 Å². The molecule has 2 aliphatic heterocycles. The minimum atomic E-state index is -3.90. The van der Waals surface area contributed by atoms with Gasteiger partial charge >= 0.3 is 12.1 Å². The predicted octanol–water partition coefficient (Wildman–Crippen LogP) is 1.68. The first-order valence-corrected chi connectivity index (χ1v) is 17.7. The monoisotopic (exact) mass is 668 g/mol. The van der Waals surface area contributed by atoms with E-state index in [1.807, 2.05) is 6.92 Å². The molecule has 15 heteroatoms. The topological polar surface area (TPSA) is 187 Å². The molecule has 2 saturated carbocycles. The van der Waals surface area contributed by atoms with Gasteiger partial charge in [0.05, 0.1) is 24.3 Å². The van der Waals surface area contributed by atoms with E-state index in [1.165, 1.54) is 4.90 Å². The number of nitrogens with one attached hydrogen (secondary N) is 3. The van der Waals surface area contributed by atoms with Crippen molar-refractivity contribution >= 4 is 39.8 Å². The van der Waals surface area contributed by atoms with Crippen molar-refractivity contribution in [1.29, 1.82) is 0 Å². The Hall–Kier alpha value is -3.20. The number of rotatable bonds is 8. The lowest BCUT2D eigenvalue weighted by atomic mass is 10.1. The van der Waals surface area contributed by atoms with Crippen LogP contribution in [0.4, 0.5) is 4.79 Å². The summed E-state index contributed by atoms with van der Waals surface area (Å²) in [6, 6.07) is -2.25. The highest BCUT2D eigenvalue weighted by Crippen LogP contribution is 2.46. The molecule has 4 rings (SSSR count). The molecule has 0 aromatic heterocycles. The third-order valence-electron chi connectivity index (χ3n) is 8.57. The van der Waals surface area contributed by atoms with Crippen LogP contribution in [0.15, 0.2) is 12.2 Å². The molecule has 6 atom stereocenters.